The molecule has 156 valence electrons. The predicted molar refractivity (Wildman–Crippen MR) is 116 cm³/mol. The van der Waals surface area contributed by atoms with Crippen molar-refractivity contribution in [1.82, 2.24) is 10.2 Å². The van der Waals surface area contributed by atoms with Gasteiger partial charge in [0.15, 0.2) is 9.84 Å². The van der Waals surface area contributed by atoms with E-state index in [1.807, 2.05) is 73.7 Å². The molecule has 0 aromatic heterocycles. The van der Waals surface area contributed by atoms with Crippen LogP contribution in [0.25, 0.3) is 0 Å². The van der Waals surface area contributed by atoms with Gasteiger partial charge in [-0.25, -0.2) is 8.42 Å². The SMILES string of the molecule is CCN(/C=C(/C#N)C(=O)NC(c1ccccc1)c1ccccc1)C1CCS(=O)(=O)C1. The average Bonchev–Trinajstić information content (AvgIpc) is 3.13. The highest BCUT2D eigenvalue weighted by Crippen LogP contribution is 2.23. The molecule has 30 heavy (non-hydrogen) atoms. The van der Waals surface area contributed by atoms with Gasteiger partial charge in [-0.3, -0.25) is 4.79 Å². The van der Waals surface area contributed by atoms with Gasteiger partial charge in [-0.2, -0.15) is 5.26 Å². The van der Waals surface area contributed by atoms with Crippen LogP contribution in [0.2, 0.25) is 0 Å². The lowest BCUT2D eigenvalue weighted by molar-refractivity contribution is -0.117. The molecule has 2 aromatic carbocycles. The average molecular weight is 424 g/mol. The quantitative estimate of drug-likeness (QED) is 0.546. The van der Waals surface area contributed by atoms with Crippen LogP contribution in [-0.2, 0) is 14.6 Å². The molecule has 1 fully saturated rings. The number of hydrogen-bond donors (Lipinski definition) is 1. The summed E-state index contributed by atoms with van der Waals surface area (Å²) in [6.45, 7) is 2.39. The molecule has 1 saturated heterocycles. The smallest absolute Gasteiger partial charge is 0.264 e. The van der Waals surface area contributed by atoms with E-state index in [4.69, 9.17) is 0 Å². The number of sulfone groups is 1. The van der Waals surface area contributed by atoms with Crippen molar-refractivity contribution in [1.29, 1.82) is 5.26 Å². The Morgan fingerprint density at radius 3 is 2.17 bits per heavy atom. The fourth-order valence-electron chi connectivity index (χ4n) is 3.65. The lowest BCUT2D eigenvalue weighted by Crippen LogP contribution is -2.35. The largest absolute Gasteiger partial charge is 0.372 e. The molecule has 1 heterocycles. The monoisotopic (exact) mass is 423 g/mol. The molecule has 0 saturated carbocycles. The second kappa shape index (κ2) is 9.59. The topological polar surface area (TPSA) is 90.3 Å². The van der Waals surface area contributed by atoms with Crippen molar-refractivity contribution in [3.63, 3.8) is 0 Å². The Labute approximate surface area is 177 Å². The molecule has 0 radical (unpaired) electrons. The van der Waals surface area contributed by atoms with Crippen molar-refractivity contribution in [3.8, 4) is 6.07 Å². The van der Waals surface area contributed by atoms with Crippen LogP contribution >= 0.6 is 0 Å². The molecule has 6 nitrogen and oxygen atoms in total. The summed E-state index contributed by atoms with van der Waals surface area (Å²) in [6.07, 6.45) is 2.00. The van der Waals surface area contributed by atoms with Gasteiger partial charge >= 0.3 is 0 Å². The molecule has 2 aromatic rings. The summed E-state index contributed by atoms with van der Waals surface area (Å²) in [7, 11) is -3.06. The third kappa shape index (κ3) is 5.28. The number of nitriles is 1. The second-order valence-corrected chi connectivity index (χ2v) is 9.50. The summed E-state index contributed by atoms with van der Waals surface area (Å²) in [5.41, 5.74) is 1.77. The van der Waals surface area contributed by atoms with Gasteiger partial charge in [-0.15, -0.1) is 0 Å². The Hall–Kier alpha value is -3.11. The Bertz CT molecular complexity index is 1000. The summed E-state index contributed by atoms with van der Waals surface area (Å²) in [4.78, 5) is 14.8. The molecule has 7 heteroatoms. The third-order valence-corrected chi connectivity index (χ3v) is 6.99. The number of amides is 1. The van der Waals surface area contributed by atoms with Gasteiger partial charge < -0.3 is 10.2 Å². The molecule has 1 N–H and O–H groups in total. The van der Waals surface area contributed by atoms with Crippen molar-refractivity contribution in [2.24, 2.45) is 0 Å². The minimum absolute atomic E-state index is 0.0435. The lowest BCUT2D eigenvalue weighted by Gasteiger charge is -2.25. The van der Waals surface area contributed by atoms with E-state index in [-0.39, 0.29) is 23.1 Å². The van der Waals surface area contributed by atoms with Gasteiger partial charge in [0.1, 0.15) is 11.6 Å². The molecular formula is C23H25N3O3S. The van der Waals surface area contributed by atoms with E-state index in [9.17, 15) is 18.5 Å². The van der Waals surface area contributed by atoms with Crippen LogP contribution in [0.4, 0.5) is 0 Å². The Morgan fingerprint density at radius 2 is 1.73 bits per heavy atom. The lowest BCUT2D eigenvalue weighted by atomic mass is 9.98. The minimum atomic E-state index is -3.06. The maximum Gasteiger partial charge on any atom is 0.264 e. The van der Waals surface area contributed by atoms with E-state index in [2.05, 4.69) is 5.32 Å². The van der Waals surface area contributed by atoms with E-state index in [0.717, 1.165) is 11.1 Å². The molecule has 1 amide bonds. The van der Waals surface area contributed by atoms with Crippen LogP contribution in [0.15, 0.2) is 72.4 Å². The highest BCUT2D eigenvalue weighted by Gasteiger charge is 2.31. The van der Waals surface area contributed by atoms with Crippen molar-refractivity contribution in [2.45, 2.75) is 25.4 Å². The molecule has 3 rings (SSSR count). The van der Waals surface area contributed by atoms with Crippen molar-refractivity contribution in [3.05, 3.63) is 83.6 Å². The van der Waals surface area contributed by atoms with Crippen LogP contribution in [0, 0.1) is 11.3 Å². The number of nitrogens with zero attached hydrogens (tertiary/aromatic N) is 2. The van der Waals surface area contributed by atoms with Gasteiger partial charge in [0.2, 0.25) is 0 Å². The highest BCUT2D eigenvalue weighted by molar-refractivity contribution is 7.91. The predicted octanol–water partition coefficient (Wildman–Crippen LogP) is 2.81. The summed E-state index contributed by atoms with van der Waals surface area (Å²) in [6, 6.07) is 20.5. The van der Waals surface area contributed by atoms with E-state index in [1.165, 1.54) is 6.20 Å². The first kappa shape index (κ1) is 21.6. The zero-order valence-electron chi connectivity index (χ0n) is 16.9. The number of nitrogens with one attached hydrogen (secondary N) is 1. The Balaban J connectivity index is 1.84. The minimum Gasteiger partial charge on any atom is -0.372 e. The van der Waals surface area contributed by atoms with Crippen LogP contribution in [0.1, 0.15) is 30.5 Å². The van der Waals surface area contributed by atoms with Gasteiger partial charge in [-0.05, 0) is 24.5 Å². The summed E-state index contributed by atoms with van der Waals surface area (Å²) >= 11 is 0. The van der Waals surface area contributed by atoms with E-state index < -0.39 is 21.8 Å². The van der Waals surface area contributed by atoms with Gasteiger partial charge in [0.25, 0.3) is 5.91 Å². The van der Waals surface area contributed by atoms with E-state index in [1.54, 1.807) is 4.90 Å². The number of hydrogen-bond acceptors (Lipinski definition) is 5. The highest BCUT2D eigenvalue weighted by atomic mass is 32.2. The van der Waals surface area contributed by atoms with Crippen molar-refractivity contribution < 1.29 is 13.2 Å². The zero-order chi connectivity index (χ0) is 21.6. The maximum absolute atomic E-state index is 13.0. The maximum atomic E-state index is 13.0. The third-order valence-electron chi connectivity index (χ3n) is 5.24. The van der Waals surface area contributed by atoms with Crippen LogP contribution in [0.5, 0.6) is 0 Å². The summed E-state index contributed by atoms with van der Waals surface area (Å²) < 4.78 is 23.6. The van der Waals surface area contributed by atoms with Crippen molar-refractivity contribution >= 4 is 15.7 Å². The number of carbonyl (C=O) groups is 1. The standard InChI is InChI=1S/C23H25N3O3S/c1-2-26(21-13-14-30(28,29)17-21)16-20(15-24)23(27)25-22(18-9-5-3-6-10-18)19-11-7-4-8-12-19/h3-12,16,21-22H,2,13-14,17H2,1H3,(H,25,27)/b20-16-. The first-order valence-corrected chi connectivity index (χ1v) is 11.7. The van der Waals surface area contributed by atoms with Gasteiger partial charge in [0.05, 0.1) is 17.5 Å². The zero-order valence-corrected chi connectivity index (χ0v) is 17.7. The van der Waals surface area contributed by atoms with Gasteiger partial charge in [-0.1, -0.05) is 60.7 Å². The van der Waals surface area contributed by atoms with Gasteiger partial charge in [0, 0.05) is 18.8 Å². The molecule has 1 atom stereocenters. The normalized spacial score (nSPS) is 18.0. The molecule has 0 bridgehead atoms. The molecule has 1 unspecified atom stereocenters. The fourth-order valence-corrected chi connectivity index (χ4v) is 5.40. The van der Waals surface area contributed by atoms with E-state index >= 15 is 0 Å². The first-order chi connectivity index (χ1) is 14.4. The number of carbonyl (C=O) groups excluding carboxylic acids is 1. The van der Waals surface area contributed by atoms with Crippen LogP contribution in [0.3, 0.4) is 0 Å². The molecule has 1 aliphatic heterocycles. The van der Waals surface area contributed by atoms with Crippen molar-refractivity contribution in [2.75, 3.05) is 18.1 Å². The van der Waals surface area contributed by atoms with E-state index in [0.29, 0.717) is 13.0 Å². The molecule has 0 spiro atoms. The summed E-state index contributed by atoms with van der Waals surface area (Å²) in [5, 5.41) is 12.6. The second-order valence-electron chi connectivity index (χ2n) is 7.27. The molecular weight excluding hydrogens is 398 g/mol. The first-order valence-electron chi connectivity index (χ1n) is 9.92. The molecule has 0 aliphatic carbocycles. The molecule has 1 aliphatic rings. The van der Waals surface area contributed by atoms with Crippen LogP contribution in [-0.4, -0.2) is 43.3 Å². The number of benzene rings is 2. The van der Waals surface area contributed by atoms with Crippen LogP contribution < -0.4 is 5.32 Å². The Morgan fingerprint density at radius 1 is 1.17 bits per heavy atom. The Kier molecular flexibility index (Phi) is 6.91. The fraction of sp³-hybridized carbons (Fsp3) is 0.304. The number of rotatable bonds is 7. The summed E-state index contributed by atoms with van der Waals surface area (Å²) in [5.74, 6) is -0.302.